The van der Waals surface area contributed by atoms with E-state index in [1.165, 1.54) is 64.2 Å². The Morgan fingerprint density at radius 2 is 0.889 bits per heavy atom. The third kappa shape index (κ3) is 43.5. The molecule has 360 valence electrons. The first-order valence-electron chi connectivity index (χ1n) is 25.1. The Kier molecular flexibility index (Phi) is 42.6. The van der Waals surface area contributed by atoms with E-state index in [2.05, 4.69) is 98.9 Å². The molecule has 0 saturated heterocycles. The third-order valence-corrected chi connectivity index (χ3v) is 10.8. The van der Waals surface area contributed by atoms with Crippen LogP contribution in [0.1, 0.15) is 194 Å². The SMILES string of the molecule is CC/C=C/C/C=C/C/C=C/C/C=C/C/C=C/CCCCCCCCC(=O)OCC(COCCC(C(=O)O)[N+](C)(C)C)OC(=O)CCCCCCCCC/C=C/C/C=C/CCCCC. The van der Waals surface area contributed by atoms with Crippen LogP contribution in [0, 0.1) is 0 Å². The molecule has 1 N–H and O–H groups in total. The molecule has 0 aliphatic heterocycles. The smallest absolute Gasteiger partial charge is 0.362 e. The number of ether oxygens (including phenoxy) is 3. The number of aliphatic carboxylic acids is 1. The fourth-order valence-electron chi connectivity index (χ4n) is 6.91. The number of nitrogens with zero attached hydrogens (tertiary/aromatic N) is 1. The lowest BCUT2D eigenvalue weighted by Crippen LogP contribution is -2.50. The van der Waals surface area contributed by atoms with Gasteiger partial charge in [0.05, 0.1) is 34.4 Å². The van der Waals surface area contributed by atoms with Crippen molar-refractivity contribution in [2.24, 2.45) is 0 Å². The largest absolute Gasteiger partial charge is 0.477 e. The second-order valence-electron chi connectivity index (χ2n) is 17.7. The van der Waals surface area contributed by atoms with Crippen molar-refractivity contribution in [2.45, 2.75) is 206 Å². The monoisotopic (exact) mass is 881 g/mol. The number of quaternary nitrogens is 1. The molecule has 2 unspecified atom stereocenters. The summed E-state index contributed by atoms with van der Waals surface area (Å²) in [5.41, 5.74) is 0. The fourth-order valence-corrected chi connectivity index (χ4v) is 6.91. The number of likely N-dealkylation sites (N-methyl/N-ethyl adjacent to an activating group) is 1. The van der Waals surface area contributed by atoms with Crippen molar-refractivity contribution in [1.29, 1.82) is 0 Å². The van der Waals surface area contributed by atoms with Crippen molar-refractivity contribution in [1.82, 2.24) is 0 Å². The van der Waals surface area contributed by atoms with Crippen LogP contribution in [0.2, 0.25) is 0 Å². The zero-order valence-corrected chi connectivity index (χ0v) is 41.0. The standard InChI is InChI=1S/C55H93NO7/c1-6-8-10-12-14-16-18-20-22-24-25-26-27-28-30-31-33-35-37-39-41-43-45-53(57)62-50-51(49-61-48-47-52(55(59)60)56(3,4)5)63-54(58)46-44-42-40-38-36-34-32-29-23-21-19-17-15-13-11-9-7-2/h8,10,14-17,20-23,25-26,28,30,51-52H,6-7,9,11-13,18-19,24,27,29,31-50H2,1-5H3/p+1/b10-8+,16-14+,17-15+,22-20+,23-21+,26-25+,30-28+. The lowest BCUT2D eigenvalue weighted by atomic mass is 10.1. The summed E-state index contributed by atoms with van der Waals surface area (Å²) in [6, 6.07) is -0.623. The molecule has 0 aliphatic carbocycles. The van der Waals surface area contributed by atoms with Gasteiger partial charge in [0.25, 0.3) is 0 Å². The highest BCUT2D eigenvalue weighted by Crippen LogP contribution is 2.14. The number of carbonyl (C=O) groups excluding carboxylic acids is 2. The minimum Gasteiger partial charge on any atom is -0.477 e. The third-order valence-electron chi connectivity index (χ3n) is 10.8. The summed E-state index contributed by atoms with van der Waals surface area (Å²) < 4.78 is 17.3. The Morgan fingerprint density at radius 3 is 1.32 bits per heavy atom. The first-order valence-corrected chi connectivity index (χ1v) is 25.1. The number of unbranched alkanes of at least 4 members (excludes halogenated alkanes) is 16. The molecular formula is C55H94NO7+. The number of esters is 2. The number of rotatable bonds is 44. The van der Waals surface area contributed by atoms with Crippen LogP contribution in [-0.2, 0) is 28.6 Å². The molecule has 0 radical (unpaired) electrons. The maximum atomic E-state index is 12.8. The molecule has 63 heavy (non-hydrogen) atoms. The van der Waals surface area contributed by atoms with Crippen LogP contribution in [0.25, 0.3) is 0 Å². The van der Waals surface area contributed by atoms with E-state index in [1.54, 1.807) is 0 Å². The molecule has 0 spiro atoms. The lowest BCUT2D eigenvalue weighted by molar-refractivity contribution is -0.887. The molecule has 0 bridgehead atoms. The first-order chi connectivity index (χ1) is 30.6. The molecule has 2 atom stereocenters. The van der Waals surface area contributed by atoms with Crippen molar-refractivity contribution in [3.8, 4) is 0 Å². The fraction of sp³-hybridized carbons (Fsp3) is 0.691. The van der Waals surface area contributed by atoms with Crippen LogP contribution >= 0.6 is 0 Å². The molecule has 0 aliphatic rings. The molecule has 0 rings (SSSR count). The van der Waals surface area contributed by atoms with Gasteiger partial charge < -0.3 is 23.8 Å². The van der Waals surface area contributed by atoms with E-state index in [0.717, 1.165) is 96.3 Å². The normalized spacial score (nSPS) is 13.6. The van der Waals surface area contributed by atoms with Gasteiger partial charge in [-0.3, -0.25) is 9.59 Å². The highest BCUT2D eigenvalue weighted by atomic mass is 16.6. The van der Waals surface area contributed by atoms with Gasteiger partial charge in [-0.1, -0.05) is 170 Å². The van der Waals surface area contributed by atoms with Gasteiger partial charge in [0.15, 0.2) is 12.1 Å². The Hall–Kier alpha value is -3.49. The van der Waals surface area contributed by atoms with Crippen LogP contribution in [0.15, 0.2) is 85.1 Å². The van der Waals surface area contributed by atoms with Gasteiger partial charge >= 0.3 is 17.9 Å². The Bertz CT molecular complexity index is 1300. The Labute approximate surface area is 386 Å². The van der Waals surface area contributed by atoms with Crippen LogP contribution in [-0.4, -0.2) is 80.6 Å². The highest BCUT2D eigenvalue weighted by Gasteiger charge is 2.31. The van der Waals surface area contributed by atoms with Crippen LogP contribution < -0.4 is 0 Å². The zero-order valence-electron chi connectivity index (χ0n) is 41.0. The molecule has 0 aromatic carbocycles. The number of hydrogen-bond acceptors (Lipinski definition) is 6. The van der Waals surface area contributed by atoms with E-state index in [9.17, 15) is 19.5 Å². The van der Waals surface area contributed by atoms with E-state index < -0.39 is 18.1 Å². The number of hydrogen-bond donors (Lipinski definition) is 1. The lowest BCUT2D eigenvalue weighted by Gasteiger charge is -2.31. The van der Waals surface area contributed by atoms with Gasteiger partial charge in [-0.2, -0.15) is 0 Å². The quantitative estimate of drug-likeness (QED) is 0.0282. The minimum absolute atomic E-state index is 0.0487. The van der Waals surface area contributed by atoms with Gasteiger partial charge in [0.1, 0.15) is 6.61 Å². The second kappa shape index (κ2) is 45.1. The predicted octanol–water partition coefficient (Wildman–Crippen LogP) is 14.5. The number of carbonyl (C=O) groups is 3. The average molecular weight is 881 g/mol. The summed E-state index contributed by atoms with van der Waals surface area (Å²) >= 11 is 0. The zero-order chi connectivity index (χ0) is 46.3. The summed E-state index contributed by atoms with van der Waals surface area (Å²) in [7, 11) is 5.52. The van der Waals surface area contributed by atoms with E-state index in [0.29, 0.717) is 19.3 Å². The number of carboxylic acid groups (broad SMARTS) is 1. The Balaban J connectivity index is 4.31. The van der Waals surface area contributed by atoms with E-state index >= 15 is 0 Å². The molecule has 0 heterocycles. The summed E-state index contributed by atoms with van der Waals surface area (Å²) in [4.78, 5) is 37.1. The molecule has 8 nitrogen and oxygen atoms in total. The van der Waals surface area contributed by atoms with Crippen LogP contribution in [0.5, 0.6) is 0 Å². The molecule has 0 amide bonds. The summed E-state index contributed by atoms with van der Waals surface area (Å²) in [5, 5.41) is 9.65. The molecule has 8 heteroatoms. The molecule has 0 aromatic heterocycles. The van der Waals surface area contributed by atoms with Crippen molar-refractivity contribution >= 4 is 17.9 Å². The average Bonchev–Trinajstić information content (AvgIpc) is 3.24. The van der Waals surface area contributed by atoms with E-state index in [1.807, 2.05) is 21.1 Å². The number of carboxylic acids is 1. The van der Waals surface area contributed by atoms with Crippen molar-refractivity contribution < 1.29 is 38.2 Å². The van der Waals surface area contributed by atoms with Crippen molar-refractivity contribution in [3.05, 3.63) is 85.1 Å². The maximum Gasteiger partial charge on any atom is 0.362 e. The number of allylic oxidation sites excluding steroid dienone is 14. The predicted molar refractivity (Wildman–Crippen MR) is 266 cm³/mol. The highest BCUT2D eigenvalue weighted by molar-refractivity contribution is 5.72. The van der Waals surface area contributed by atoms with Crippen LogP contribution in [0.3, 0.4) is 0 Å². The molecular weight excluding hydrogens is 787 g/mol. The van der Waals surface area contributed by atoms with Crippen LogP contribution in [0.4, 0.5) is 0 Å². The van der Waals surface area contributed by atoms with E-state index in [4.69, 9.17) is 14.2 Å². The summed E-state index contributed by atoms with van der Waals surface area (Å²) in [6.45, 7) is 4.57. The van der Waals surface area contributed by atoms with Gasteiger partial charge in [0, 0.05) is 19.3 Å². The second-order valence-corrected chi connectivity index (χ2v) is 17.7. The van der Waals surface area contributed by atoms with E-state index in [-0.39, 0.29) is 36.2 Å². The topological polar surface area (TPSA) is 99.1 Å². The van der Waals surface area contributed by atoms with Gasteiger partial charge in [-0.25, -0.2) is 4.79 Å². The van der Waals surface area contributed by atoms with Gasteiger partial charge in [-0.15, -0.1) is 0 Å². The minimum atomic E-state index is -0.881. The summed E-state index contributed by atoms with van der Waals surface area (Å²) in [6.07, 6.45) is 59.1. The Morgan fingerprint density at radius 1 is 0.492 bits per heavy atom. The maximum absolute atomic E-state index is 12.8. The van der Waals surface area contributed by atoms with Gasteiger partial charge in [-0.05, 0) is 89.9 Å². The first kappa shape index (κ1) is 59.5. The van der Waals surface area contributed by atoms with Gasteiger partial charge in [0.2, 0.25) is 0 Å². The van der Waals surface area contributed by atoms with Crippen molar-refractivity contribution in [3.63, 3.8) is 0 Å². The molecule has 0 fully saturated rings. The summed E-state index contributed by atoms with van der Waals surface area (Å²) in [5.74, 6) is -1.50. The molecule has 0 aromatic rings. The van der Waals surface area contributed by atoms with Crippen molar-refractivity contribution in [2.75, 3.05) is 41.0 Å². The molecule has 0 saturated carbocycles.